The van der Waals surface area contributed by atoms with Gasteiger partial charge in [0, 0.05) is 37.6 Å². The molecular weight excluding hydrogens is 1260 g/mol. The maximum atomic E-state index is 14.7. The average molecular weight is 1380 g/mol. The molecule has 0 spiro atoms. The maximum absolute atomic E-state index is 14.7. The number of alkyl carbamates (subject to hydrolysis) is 1. The molecule has 8 atom stereocenters. The highest BCUT2D eigenvalue weighted by Crippen LogP contribution is 2.19. The summed E-state index contributed by atoms with van der Waals surface area (Å²) in [6.07, 6.45) is 5.85. The number of nitrogens with one attached hydrogen (secondary N) is 11. The third-order valence-electron chi connectivity index (χ3n) is 15.2. The molecule has 0 bridgehead atoms. The van der Waals surface area contributed by atoms with Gasteiger partial charge in [-0.05, 0) is 167 Å². The zero-order chi connectivity index (χ0) is 74.8. The Morgan fingerprint density at radius 2 is 0.633 bits per heavy atom. The molecule has 2 aromatic heterocycles. The van der Waals surface area contributed by atoms with Gasteiger partial charge in [0.25, 0.3) is 0 Å². The molecule has 0 aliphatic rings. The highest BCUT2D eigenvalue weighted by atomic mass is 16.6. The number of esters is 1. The van der Waals surface area contributed by atoms with E-state index in [0.717, 1.165) is 0 Å². The Kier molecular flexibility index (Phi) is 34.5. The van der Waals surface area contributed by atoms with Crippen LogP contribution in [0.25, 0.3) is 0 Å². The summed E-state index contributed by atoms with van der Waals surface area (Å²) < 4.78 is 10.6. The molecule has 0 aliphatic carbocycles. The second-order valence-electron chi connectivity index (χ2n) is 30.5. The molecule has 0 saturated heterocycles. The van der Waals surface area contributed by atoms with E-state index in [4.69, 9.17) is 9.47 Å². The monoisotopic (exact) mass is 1380 g/mol. The maximum Gasteiger partial charge on any atom is 0.408 e. The molecule has 0 aliphatic heterocycles. The Hall–Kier alpha value is -8.26. The molecular formula is C71H117N13O14. The van der Waals surface area contributed by atoms with E-state index in [9.17, 15) is 57.5 Å². The van der Waals surface area contributed by atoms with Crippen LogP contribution in [0.15, 0.2) is 49.1 Å². The van der Waals surface area contributed by atoms with Crippen molar-refractivity contribution in [2.75, 3.05) is 6.61 Å². The van der Waals surface area contributed by atoms with Crippen molar-refractivity contribution in [2.45, 2.75) is 274 Å². The van der Waals surface area contributed by atoms with Crippen LogP contribution in [0.1, 0.15) is 202 Å². The van der Waals surface area contributed by atoms with Gasteiger partial charge in [-0.25, -0.2) is 9.59 Å². The molecule has 0 aromatic carbocycles. The third kappa shape index (κ3) is 31.5. The van der Waals surface area contributed by atoms with Gasteiger partial charge in [0.2, 0.25) is 59.1 Å². The smallest absolute Gasteiger partial charge is 0.408 e. The molecule has 98 heavy (non-hydrogen) atoms. The van der Waals surface area contributed by atoms with Crippen LogP contribution < -0.4 is 58.5 Å². The van der Waals surface area contributed by atoms with Crippen molar-refractivity contribution in [1.29, 1.82) is 0 Å². The lowest BCUT2D eigenvalue weighted by Gasteiger charge is -2.32. The van der Waals surface area contributed by atoms with Gasteiger partial charge in [0.1, 0.15) is 70.6 Å². The number of nitrogens with zero attached hydrogens (tertiary/aromatic N) is 2. The van der Waals surface area contributed by atoms with E-state index in [1.807, 2.05) is 83.1 Å². The van der Waals surface area contributed by atoms with Crippen LogP contribution in [0, 0.1) is 35.5 Å². The van der Waals surface area contributed by atoms with E-state index in [1.54, 1.807) is 52.0 Å². The van der Waals surface area contributed by atoms with Crippen LogP contribution in [-0.4, -0.2) is 158 Å². The fraction of sp³-hybridized carbons (Fsp3) is 0.690. The number of carbonyl (C=O) groups excluding carboxylic acids is 12. The lowest BCUT2D eigenvalue weighted by atomic mass is 9.97. The number of hydrogen-bond acceptors (Lipinski definition) is 16. The number of rotatable bonds is 39. The van der Waals surface area contributed by atoms with Gasteiger partial charge in [-0.2, -0.15) is 0 Å². The Bertz CT molecular complexity index is 2980. The number of ether oxygens (including phenoxy) is 2. The van der Waals surface area contributed by atoms with E-state index in [-0.39, 0.29) is 93.5 Å². The van der Waals surface area contributed by atoms with Crippen LogP contribution in [-0.2, 0) is 75.1 Å². The molecule has 27 heteroatoms. The van der Waals surface area contributed by atoms with E-state index < -0.39 is 142 Å². The van der Waals surface area contributed by atoms with Crippen molar-refractivity contribution in [3.05, 3.63) is 60.2 Å². The number of pyridine rings is 2. The lowest BCUT2D eigenvalue weighted by molar-refractivity contribution is -0.152. The van der Waals surface area contributed by atoms with E-state index in [0.29, 0.717) is 11.1 Å². The van der Waals surface area contributed by atoms with Crippen molar-refractivity contribution in [3.63, 3.8) is 0 Å². The fourth-order valence-corrected chi connectivity index (χ4v) is 10.3. The number of aromatic nitrogens is 2. The van der Waals surface area contributed by atoms with Gasteiger partial charge in [0.05, 0.1) is 6.61 Å². The van der Waals surface area contributed by atoms with Crippen LogP contribution >= 0.6 is 0 Å². The SMILES string of the molecule is CCOC(=O)C(C)(C)NC(=O)[C@H](CC(C)C)NC(=O)[C@H](CC(C)C)NC(=O)[C@H](Cc1cccnc1)NC(=O)C(C)(C)NC(=O)[C@H](CC(C)C)NC(=O)[C@H](CC(C)C)NC(=O)[C@H](Cc1cccnc1)NC(=O)C(C)(C)NC(=O)[C@H](CC(C)C)NC(=O)[C@H](CC(C)C)NC(=O)OC(C)(C)C. The van der Waals surface area contributed by atoms with Crippen molar-refractivity contribution in [3.8, 4) is 0 Å². The van der Waals surface area contributed by atoms with Gasteiger partial charge in [-0.3, -0.25) is 57.9 Å². The van der Waals surface area contributed by atoms with Gasteiger partial charge in [-0.15, -0.1) is 0 Å². The van der Waals surface area contributed by atoms with E-state index in [1.165, 1.54) is 66.3 Å². The zero-order valence-corrected chi connectivity index (χ0v) is 62.2. The first-order valence-electron chi connectivity index (χ1n) is 34.3. The summed E-state index contributed by atoms with van der Waals surface area (Å²) in [5, 5.41) is 30.3. The summed E-state index contributed by atoms with van der Waals surface area (Å²) in [4.78, 5) is 177. The molecule has 0 unspecified atom stereocenters. The Morgan fingerprint density at radius 3 is 0.888 bits per heavy atom. The van der Waals surface area contributed by atoms with E-state index in [2.05, 4.69) is 68.5 Å². The number of hydrogen-bond donors (Lipinski definition) is 11. The molecule has 2 heterocycles. The predicted octanol–water partition coefficient (Wildman–Crippen LogP) is 5.07. The molecule has 11 N–H and O–H groups in total. The molecule has 11 amide bonds. The van der Waals surface area contributed by atoms with Crippen molar-refractivity contribution >= 4 is 71.1 Å². The Morgan fingerprint density at radius 1 is 0.367 bits per heavy atom. The second kappa shape index (κ2) is 39.4. The highest BCUT2D eigenvalue weighted by molar-refractivity contribution is 6.00. The molecule has 2 aromatic rings. The molecule has 27 nitrogen and oxygen atoms in total. The van der Waals surface area contributed by atoms with Crippen LogP contribution in [0.4, 0.5) is 4.79 Å². The summed E-state index contributed by atoms with van der Waals surface area (Å²) >= 11 is 0. The topological polar surface area (TPSA) is 381 Å². The fourth-order valence-electron chi connectivity index (χ4n) is 10.3. The summed E-state index contributed by atoms with van der Waals surface area (Å²) in [7, 11) is 0. The average Bonchev–Trinajstić information content (AvgIpc) is 0.827. The van der Waals surface area contributed by atoms with Crippen molar-refractivity contribution in [1.82, 2.24) is 68.5 Å². The first kappa shape index (κ1) is 85.8. The van der Waals surface area contributed by atoms with Crippen LogP contribution in [0.3, 0.4) is 0 Å². The lowest BCUT2D eigenvalue weighted by Crippen LogP contribution is -2.64. The summed E-state index contributed by atoms with van der Waals surface area (Å²) in [5.74, 6) is -8.87. The zero-order valence-electron chi connectivity index (χ0n) is 62.2. The van der Waals surface area contributed by atoms with Crippen molar-refractivity contribution < 1.29 is 67.0 Å². The summed E-state index contributed by atoms with van der Waals surface area (Å²) in [5.41, 5.74) is -4.70. The first-order chi connectivity index (χ1) is 45.2. The minimum Gasteiger partial charge on any atom is -0.464 e. The molecule has 0 radical (unpaired) electrons. The molecule has 2 rings (SSSR count). The minimum atomic E-state index is -1.77. The summed E-state index contributed by atoms with van der Waals surface area (Å²) in [6.45, 7) is 37.6. The number of carbonyl (C=O) groups is 12. The number of amides is 11. The molecule has 550 valence electrons. The second-order valence-corrected chi connectivity index (χ2v) is 30.5. The normalized spacial score (nSPS) is 14.5. The largest absolute Gasteiger partial charge is 0.464 e. The minimum absolute atomic E-state index is 0.0431. The Labute approximate surface area is 580 Å². The van der Waals surface area contributed by atoms with Crippen LogP contribution in [0.5, 0.6) is 0 Å². The van der Waals surface area contributed by atoms with Gasteiger partial charge in [-0.1, -0.05) is 95.2 Å². The van der Waals surface area contributed by atoms with Crippen molar-refractivity contribution in [2.24, 2.45) is 35.5 Å². The predicted molar refractivity (Wildman–Crippen MR) is 373 cm³/mol. The summed E-state index contributed by atoms with van der Waals surface area (Å²) in [6, 6.07) is -3.18. The quantitative estimate of drug-likeness (QED) is 0.0389. The highest BCUT2D eigenvalue weighted by Gasteiger charge is 2.41. The van der Waals surface area contributed by atoms with Gasteiger partial charge in [0.15, 0.2) is 0 Å². The van der Waals surface area contributed by atoms with Crippen LogP contribution in [0.2, 0.25) is 0 Å². The molecule has 0 saturated carbocycles. The Balaban J connectivity index is 2.49. The molecule has 0 fully saturated rings. The third-order valence-corrected chi connectivity index (χ3v) is 15.2. The van der Waals surface area contributed by atoms with Gasteiger partial charge >= 0.3 is 12.1 Å². The van der Waals surface area contributed by atoms with Gasteiger partial charge < -0.3 is 68.0 Å². The standard InChI is InChI=1S/C71H117N13O14/c1-23-97-66(95)71(21,22)84-63(92)53(35-45(12)13)77-57(86)49(31-41(4)5)75-60(89)55(37-47-27-25-29-73-39-47)79-64(93)69(17,18)82-61(90)51(33-43(8)9)76-56(85)48(30-40(2)3)74-59(88)54(36-46-26-24-28-72-38-46)80-65(94)70(19,20)83-62(91)52(34-44(10)11)78-58(87)50(32-42(6)7)81-67(96)98-68(14,15)16/h24-29,38-45,48-55H,23,30-37H2,1-22H3,(H,74,88)(H,75,89)(H,76,85)(H,77,86)(H,78,87)(H,79,93)(H,80,94)(H,81,96)(H,82,90)(H,83,91)(H,84,92)/t48-,49-,50-,51-,52-,53-,54-,55-/m0/s1. The first-order valence-corrected chi connectivity index (χ1v) is 34.3. The van der Waals surface area contributed by atoms with E-state index >= 15 is 0 Å².